The lowest BCUT2D eigenvalue weighted by Crippen LogP contribution is -2.44. The molecule has 7 rings (SSSR count). The maximum absolute atomic E-state index is 13.7. The Balaban J connectivity index is 0.975. The predicted molar refractivity (Wildman–Crippen MR) is 296 cm³/mol. The van der Waals surface area contributed by atoms with Crippen molar-refractivity contribution < 1.29 is 19.1 Å². The van der Waals surface area contributed by atoms with Crippen LogP contribution in [-0.4, -0.2) is 49.6 Å². The van der Waals surface area contributed by atoms with Crippen molar-refractivity contribution in [3.05, 3.63) is 177 Å². The molecule has 0 spiro atoms. The van der Waals surface area contributed by atoms with Crippen molar-refractivity contribution in [1.29, 1.82) is 0 Å². The van der Waals surface area contributed by atoms with Crippen LogP contribution in [0.3, 0.4) is 0 Å². The van der Waals surface area contributed by atoms with Gasteiger partial charge in [-0.25, -0.2) is 9.59 Å². The summed E-state index contributed by atoms with van der Waals surface area (Å²) in [6.07, 6.45) is -0.161. The molecule has 72 heavy (non-hydrogen) atoms. The minimum absolute atomic E-state index is 0.0568. The lowest BCUT2D eigenvalue weighted by atomic mass is 9.80. The molecule has 4 unspecified atom stereocenters. The van der Waals surface area contributed by atoms with Crippen LogP contribution in [0.5, 0.6) is 0 Å². The Bertz CT molecular complexity index is 2330. The van der Waals surface area contributed by atoms with Crippen molar-refractivity contribution in [3.8, 4) is 0 Å². The molecule has 2 heterocycles. The zero-order valence-electron chi connectivity index (χ0n) is 46.5. The standard InChI is InChI=1S/C64H86N4O4/c1-59(2,3)45-28-20-41(21-29-45)55(42-22-30-46(31-23-42)60(4,5)6)53-37-51(39-65-53)71-57(69)67-63(13,14)49-18-17-19-50(36-49)64(15,16)68-58(70)72-52-38-54(66-40-52)56(43-24-32-47(33-25-43)61(7,8)9)44-26-34-48(35-27-44)62(10,11)12/h17-36,51-56,65-66H,37-40H2,1-16H3,(H,67,69)(H,68,70). The largest absolute Gasteiger partial charge is 0.445 e. The van der Waals surface area contributed by atoms with Gasteiger partial charge in [0.05, 0.1) is 11.1 Å². The average molecular weight is 975 g/mol. The van der Waals surface area contributed by atoms with Gasteiger partial charge in [-0.2, -0.15) is 0 Å². The molecular weight excluding hydrogens is 889 g/mol. The second-order valence-electron chi connectivity index (χ2n) is 26.1. The maximum Gasteiger partial charge on any atom is 0.408 e. The van der Waals surface area contributed by atoms with Gasteiger partial charge in [0, 0.05) is 49.9 Å². The number of benzene rings is 5. The fourth-order valence-corrected chi connectivity index (χ4v) is 10.5. The van der Waals surface area contributed by atoms with Gasteiger partial charge in [-0.3, -0.25) is 0 Å². The van der Waals surface area contributed by atoms with E-state index in [1.807, 2.05) is 52.0 Å². The number of nitrogens with one attached hydrogen (secondary N) is 4. The highest BCUT2D eigenvalue weighted by Crippen LogP contribution is 2.38. The lowest BCUT2D eigenvalue weighted by Gasteiger charge is -2.31. The highest BCUT2D eigenvalue weighted by atomic mass is 16.6. The third-order valence-corrected chi connectivity index (χ3v) is 15.3. The SMILES string of the molecule is CC(C)(C)c1ccc(C(c2ccc(C(C)(C)C)cc2)C2CC(OC(=O)NC(C)(C)c3cccc(C(C)(C)NC(=O)OC4CNC(C(c5ccc(C(C)(C)C)cc5)c5ccc(C(C)(C)C)cc5)C4)c3)CN2)cc1. The molecule has 5 aromatic rings. The quantitative estimate of drug-likeness (QED) is 0.0994. The maximum atomic E-state index is 13.7. The van der Waals surface area contributed by atoms with Crippen LogP contribution in [0.15, 0.2) is 121 Å². The van der Waals surface area contributed by atoms with E-state index in [0.717, 1.165) is 11.1 Å². The Morgan fingerprint density at radius 3 is 0.931 bits per heavy atom. The number of ether oxygens (including phenoxy) is 2. The molecule has 2 amide bonds. The Morgan fingerprint density at radius 1 is 0.417 bits per heavy atom. The van der Waals surface area contributed by atoms with E-state index in [0.29, 0.717) is 25.9 Å². The molecule has 2 saturated heterocycles. The van der Waals surface area contributed by atoms with Gasteiger partial charge in [0.1, 0.15) is 12.2 Å². The molecular formula is C64H86N4O4. The number of hydrogen-bond acceptors (Lipinski definition) is 6. The molecule has 4 N–H and O–H groups in total. The van der Waals surface area contributed by atoms with Crippen molar-refractivity contribution in [1.82, 2.24) is 21.3 Å². The van der Waals surface area contributed by atoms with E-state index in [1.54, 1.807) is 0 Å². The van der Waals surface area contributed by atoms with Gasteiger partial charge in [0.15, 0.2) is 0 Å². The Morgan fingerprint density at radius 2 is 0.681 bits per heavy atom. The zero-order chi connectivity index (χ0) is 52.6. The fourth-order valence-electron chi connectivity index (χ4n) is 10.5. The molecule has 0 aromatic heterocycles. The van der Waals surface area contributed by atoms with E-state index < -0.39 is 23.3 Å². The van der Waals surface area contributed by atoms with Crippen molar-refractivity contribution in [2.45, 2.75) is 192 Å². The molecule has 0 bridgehead atoms. The number of hydrogen-bond donors (Lipinski definition) is 4. The van der Waals surface area contributed by atoms with E-state index in [-0.39, 0.29) is 57.8 Å². The Labute approximate surface area is 433 Å². The second-order valence-corrected chi connectivity index (χ2v) is 26.1. The molecule has 8 nitrogen and oxygen atoms in total. The summed E-state index contributed by atoms with van der Waals surface area (Å²) in [6.45, 7) is 35.9. The minimum atomic E-state index is -0.775. The van der Waals surface area contributed by atoms with Gasteiger partial charge in [-0.15, -0.1) is 0 Å². The number of rotatable bonds is 12. The van der Waals surface area contributed by atoms with Crippen LogP contribution in [0.1, 0.15) is 191 Å². The van der Waals surface area contributed by atoms with Crippen molar-refractivity contribution >= 4 is 12.2 Å². The monoisotopic (exact) mass is 975 g/mol. The van der Waals surface area contributed by atoms with Crippen molar-refractivity contribution in [3.63, 3.8) is 0 Å². The summed E-state index contributed by atoms with van der Waals surface area (Å²) in [5, 5.41) is 13.8. The van der Waals surface area contributed by atoms with Gasteiger partial charge >= 0.3 is 12.2 Å². The fraction of sp³-hybridized carbons (Fsp3) is 0.500. The summed E-state index contributed by atoms with van der Waals surface area (Å²) in [4.78, 5) is 27.5. The van der Waals surface area contributed by atoms with Crippen LogP contribution >= 0.6 is 0 Å². The average Bonchev–Trinajstić information content (AvgIpc) is 3.95. The van der Waals surface area contributed by atoms with Gasteiger partial charge < -0.3 is 30.7 Å². The zero-order valence-corrected chi connectivity index (χ0v) is 46.5. The summed E-state index contributed by atoms with van der Waals surface area (Å²) in [5.41, 5.74) is 10.6. The van der Waals surface area contributed by atoms with Gasteiger partial charge in [0.25, 0.3) is 0 Å². The Kier molecular flexibility index (Phi) is 15.7. The van der Waals surface area contributed by atoms with E-state index in [1.165, 1.54) is 44.5 Å². The van der Waals surface area contributed by atoms with E-state index in [2.05, 4.69) is 201 Å². The topological polar surface area (TPSA) is 101 Å². The minimum Gasteiger partial charge on any atom is -0.445 e. The number of carbonyl (C=O) groups is 2. The molecule has 2 aliphatic rings. The molecule has 0 radical (unpaired) electrons. The summed E-state index contributed by atoms with van der Waals surface area (Å²) >= 11 is 0. The normalized spacial score (nSPS) is 19.1. The lowest BCUT2D eigenvalue weighted by molar-refractivity contribution is 0.0970. The van der Waals surface area contributed by atoms with Crippen LogP contribution in [0.25, 0.3) is 0 Å². The third-order valence-electron chi connectivity index (χ3n) is 15.3. The molecule has 5 aromatic carbocycles. The van der Waals surface area contributed by atoms with Gasteiger partial charge in [-0.05, 0) is 105 Å². The van der Waals surface area contributed by atoms with Gasteiger partial charge in [0.2, 0.25) is 0 Å². The van der Waals surface area contributed by atoms with Crippen LogP contribution in [0.2, 0.25) is 0 Å². The summed E-state index contributed by atoms with van der Waals surface area (Å²) in [6, 6.07) is 44.3. The van der Waals surface area contributed by atoms with Crippen LogP contribution < -0.4 is 21.3 Å². The smallest absolute Gasteiger partial charge is 0.408 e. The first-order valence-electron chi connectivity index (χ1n) is 26.5. The molecule has 2 fully saturated rings. The van der Waals surface area contributed by atoms with Gasteiger partial charge in [-0.1, -0.05) is 204 Å². The molecule has 2 aliphatic heterocycles. The Hall–Kier alpha value is -5.44. The van der Waals surface area contributed by atoms with Crippen LogP contribution in [0, 0.1) is 0 Å². The highest BCUT2D eigenvalue weighted by molar-refractivity contribution is 5.70. The summed E-state index contributed by atoms with van der Waals surface area (Å²) in [7, 11) is 0. The molecule has 0 aliphatic carbocycles. The predicted octanol–water partition coefficient (Wildman–Crippen LogP) is 13.9. The van der Waals surface area contributed by atoms with Crippen LogP contribution in [0.4, 0.5) is 9.59 Å². The summed E-state index contributed by atoms with van der Waals surface area (Å²) in [5.74, 6) is 0.169. The van der Waals surface area contributed by atoms with Crippen LogP contribution in [-0.2, 0) is 42.2 Å². The first-order chi connectivity index (χ1) is 33.5. The molecule has 0 saturated carbocycles. The number of alkyl carbamates (subject to hydrolysis) is 2. The third kappa shape index (κ3) is 13.2. The van der Waals surface area contributed by atoms with Crippen molar-refractivity contribution in [2.75, 3.05) is 13.1 Å². The van der Waals surface area contributed by atoms with E-state index in [4.69, 9.17) is 9.47 Å². The van der Waals surface area contributed by atoms with Crippen molar-refractivity contribution in [2.24, 2.45) is 0 Å². The number of amides is 2. The first-order valence-corrected chi connectivity index (χ1v) is 26.5. The molecule has 8 heteroatoms. The molecule has 386 valence electrons. The summed E-state index contributed by atoms with van der Waals surface area (Å²) < 4.78 is 12.4. The van der Waals surface area contributed by atoms with E-state index >= 15 is 0 Å². The molecule has 4 atom stereocenters. The number of carbonyl (C=O) groups excluding carboxylic acids is 2. The van der Waals surface area contributed by atoms with E-state index in [9.17, 15) is 9.59 Å². The second kappa shape index (κ2) is 20.8. The highest BCUT2D eigenvalue weighted by Gasteiger charge is 2.38. The first kappa shape index (κ1) is 54.3.